The molecule has 1 saturated heterocycles. The lowest BCUT2D eigenvalue weighted by molar-refractivity contribution is 0.202. The van der Waals surface area contributed by atoms with Crippen molar-refractivity contribution in [3.05, 3.63) is 27.2 Å². The van der Waals surface area contributed by atoms with Crippen molar-refractivity contribution >= 4 is 51.7 Å². The molecule has 0 unspecified atom stereocenters. The Balaban J connectivity index is 2.33. The Bertz CT molecular complexity index is 408. The van der Waals surface area contributed by atoms with Crippen molar-refractivity contribution in [2.75, 3.05) is 13.2 Å². The fourth-order valence-electron chi connectivity index (χ4n) is 1.10. The van der Waals surface area contributed by atoms with E-state index < -0.39 is 11.3 Å². The zero-order valence-corrected chi connectivity index (χ0v) is 11.2. The molecule has 88 valence electrons. The smallest absolute Gasteiger partial charge is 0.182 e. The van der Waals surface area contributed by atoms with E-state index in [1.165, 1.54) is 0 Å². The molecule has 7 heteroatoms. The summed E-state index contributed by atoms with van der Waals surface area (Å²) in [5.74, 6) is 0. The standard InChI is InChI=1S/C9H8Cl3NO2S/c10-6-4-7(11)9(8(12)5-6)13-16-14-2-1-3-15-16/h4-5H,1-3H2. The molecule has 1 aliphatic heterocycles. The van der Waals surface area contributed by atoms with Gasteiger partial charge in [-0.05, 0) is 18.6 Å². The van der Waals surface area contributed by atoms with Crippen LogP contribution < -0.4 is 0 Å². The topological polar surface area (TPSA) is 30.8 Å². The maximum absolute atomic E-state index is 5.98. The average molecular weight is 301 g/mol. The summed E-state index contributed by atoms with van der Waals surface area (Å²) in [7, 11) is 0. The van der Waals surface area contributed by atoms with Gasteiger partial charge < -0.3 is 0 Å². The van der Waals surface area contributed by atoms with Gasteiger partial charge >= 0.3 is 0 Å². The van der Waals surface area contributed by atoms with Gasteiger partial charge in [-0.1, -0.05) is 34.8 Å². The van der Waals surface area contributed by atoms with E-state index in [2.05, 4.69) is 4.36 Å². The highest BCUT2D eigenvalue weighted by atomic mass is 35.5. The van der Waals surface area contributed by atoms with Crippen molar-refractivity contribution in [2.45, 2.75) is 6.42 Å². The third-order valence-electron chi connectivity index (χ3n) is 1.80. The predicted octanol–water partition coefficient (Wildman–Crippen LogP) is 4.35. The Labute approximate surface area is 111 Å². The normalized spacial score (nSPS) is 17.4. The van der Waals surface area contributed by atoms with Crippen LogP contribution in [-0.2, 0) is 19.6 Å². The number of hydrogen-bond acceptors (Lipinski definition) is 3. The summed E-state index contributed by atoms with van der Waals surface area (Å²) in [6, 6.07) is 3.17. The highest BCUT2D eigenvalue weighted by molar-refractivity contribution is 7.77. The van der Waals surface area contributed by atoms with Gasteiger partial charge in [-0.15, -0.1) is 0 Å². The van der Waals surface area contributed by atoms with Crippen LogP contribution in [0.2, 0.25) is 15.1 Å². The van der Waals surface area contributed by atoms with Gasteiger partial charge in [0.1, 0.15) is 5.69 Å². The number of halogens is 3. The van der Waals surface area contributed by atoms with E-state index in [9.17, 15) is 0 Å². The van der Waals surface area contributed by atoms with Crippen LogP contribution in [-0.4, -0.2) is 13.2 Å². The molecule has 1 aromatic rings. The van der Waals surface area contributed by atoms with Crippen LogP contribution in [0.25, 0.3) is 0 Å². The highest BCUT2D eigenvalue weighted by Gasteiger charge is 2.11. The van der Waals surface area contributed by atoms with Gasteiger partial charge in [0.25, 0.3) is 0 Å². The average Bonchev–Trinajstić information content (AvgIpc) is 2.25. The Kier molecular flexibility index (Phi) is 4.47. The maximum Gasteiger partial charge on any atom is 0.182 e. The molecule has 1 aliphatic rings. The molecule has 2 rings (SSSR count). The molecule has 1 heterocycles. The third kappa shape index (κ3) is 3.09. The summed E-state index contributed by atoms with van der Waals surface area (Å²) < 4.78 is 14.8. The van der Waals surface area contributed by atoms with Gasteiger partial charge in [-0.25, -0.2) is 0 Å². The van der Waals surface area contributed by atoms with Crippen LogP contribution in [0.4, 0.5) is 5.69 Å². The molecule has 0 spiro atoms. The number of rotatable bonds is 1. The first-order chi connectivity index (χ1) is 7.66. The van der Waals surface area contributed by atoms with Crippen LogP contribution in [0, 0.1) is 0 Å². The molecule has 16 heavy (non-hydrogen) atoms. The molecule has 0 aliphatic carbocycles. The molecular formula is C9H8Cl3NO2S. The molecule has 0 radical (unpaired) electrons. The molecule has 0 aromatic heterocycles. The first-order valence-electron chi connectivity index (χ1n) is 4.54. The van der Waals surface area contributed by atoms with Crippen molar-refractivity contribution in [1.82, 2.24) is 0 Å². The third-order valence-corrected chi connectivity index (χ3v) is 3.67. The number of nitrogens with zero attached hydrogens (tertiary/aromatic N) is 1. The predicted molar refractivity (Wildman–Crippen MR) is 67.4 cm³/mol. The molecule has 0 bridgehead atoms. The molecule has 0 atom stereocenters. The minimum atomic E-state index is -0.910. The molecule has 0 amide bonds. The second-order valence-electron chi connectivity index (χ2n) is 3.02. The molecular weight excluding hydrogens is 293 g/mol. The summed E-state index contributed by atoms with van der Waals surface area (Å²) in [6.07, 6.45) is 0.876. The summed E-state index contributed by atoms with van der Waals surface area (Å²) >= 11 is 16.9. The Morgan fingerprint density at radius 3 is 2.19 bits per heavy atom. The van der Waals surface area contributed by atoms with Crippen LogP contribution in [0.3, 0.4) is 0 Å². The quantitative estimate of drug-likeness (QED) is 0.772. The summed E-state index contributed by atoms with van der Waals surface area (Å²) in [5, 5.41) is 1.26. The Morgan fingerprint density at radius 1 is 1.06 bits per heavy atom. The Hall–Kier alpha value is 0.160. The summed E-state index contributed by atoms with van der Waals surface area (Å²) in [4.78, 5) is 0. The van der Waals surface area contributed by atoms with Crippen LogP contribution in [0.1, 0.15) is 6.42 Å². The summed E-state index contributed by atoms with van der Waals surface area (Å²) in [5.41, 5.74) is 0.456. The highest BCUT2D eigenvalue weighted by Crippen LogP contribution is 2.36. The van der Waals surface area contributed by atoms with Crippen LogP contribution >= 0.6 is 34.8 Å². The van der Waals surface area contributed by atoms with E-state index in [1.807, 2.05) is 0 Å². The second kappa shape index (κ2) is 5.67. The molecule has 1 aromatic carbocycles. The fourth-order valence-corrected chi connectivity index (χ4v) is 3.14. The Morgan fingerprint density at radius 2 is 1.62 bits per heavy atom. The van der Waals surface area contributed by atoms with E-state index in [1.54, 1.807) is 12.1 Å². The SMILES string of the molecule is Clc1cc(Cl)c(N=S2OCCCO2)c(Cl)c1. The van der Waals surface area contributed by atoms with Crippen molar-refractivity contribution in [3.63, 3.8) is 0 Å². The second-order valence-corrected chi connectivity index (χ2v) is 5.36. The zero-order valence-electron chi connectivity index (χ0n) is 8.08. The van der Waals surface area contributed by atoms with E-state index >= 15 is 0 Å². The monoisotopic (exact) mass is 299 g/mol. The van der Waals surface area contributed by atoms with Gasteiger partial charge in [-0.3, -0.25) is 8.37 Å². The maximum atomic E-state index is 5.98. The fraction of sp³-hybridized carbons (Fsp3) is 0.333. The molecule has 0 N–H and O–H groups in total. The number of benzene rings is 1. The van der Waals surface area contributed by atoms with Crippen molar-refractivity contribution in [2.24, 2.45) is 4.36 Å². The van der Waals surface area contributed by atoms with Gasteiger partial charge in [-0.2, -0.15) is 4.36 Å². The molecule has 0 saturated carbocycles. The first-order valence-corrected chi connectivity index (χ1v) is 6.70. The van der Waals surface area contributed by atoms with E-state index in [0.29, 0.717) is 34.0 Å². The lowest BCUT2D eigenvalue weighted by Gasteiger charge is -2.14. The lowest BCUT2D eigenvalue weighted by Crippen LogP contribution is -2.12. The largest absolute Gasteiger partial charge is 0.284 e. The van der Waals surface area contributed by atoms with Gasteiger partial charge in [0.15, 0.2) is 11.3 Å². The van der Waals surface area contributed by atoms with E-state index in [4.69, 9.17) is 43.2 Å². The van der Waals surface area contributed by atoms with Crippen LogP contribution in [0.5, 0.6) is 0 Å². The van der Waals surface area contributed by atoms with Gasteiger partial charge in [0.2, 0.25) is 0 Å². The van der Waals surface area contributed by atoms with Crippen LogP contribution in [0.15, 0.2) is 16.5 Å². The first kappa shape index (κ1) is 12.6. The summed E-state index contributed by atoms with van der Waals surface area (Å²) in [6.45, 7) is 1.27. The molecule has 1 fully saturated rings. The zero-order chi connectivity index (χ0) is 11.5. The van der Waals surface area contributed by atoms with Crippen molar-refractivity contribution in [1.29, 1.82) is 0 Å². The minimum Gasteiger partial charge on any atom is -0.284 e. The minimum absolute atomic E-state index is 0.391. The van der Waals surface area contributed by atoms with Crippen molar-refractivity contribution in [3.8, 4) is 0 Å². The number of hydrogen-bond donors (Lipinski definition) is 0. The van der Waals surface area contributed by atoms with E-state index in [0.717, 1.165) is 6.42 Å². The van der Waals surface area contributed by atoms with Crippen molar-refractivity contribution < 1.29 is 8.37 Å². The van der Waals surface area contributed by atoms with Gasteiger partial charge in [0.05, 0.1) is 23.3 Å². The lowest BCUT2D eigenvalue weighted by atomic mass is 10.3. The van der Waals surface area contributed by atoms with Gasteiger partial charge in [0, 0.05) is 5.02 Å². The van der Waals surface area contributed by atoms with E-state index in [-0.39, 0.29) is 0 Å². The molecule has 3 nitrogen and oxygen atoms in total.